The highest BCUT2D eigenvalue weighted by atomic mass is 32.2. The Morgan fingerprint density at radius 2 is 1.62 bits per heavy atom. The Balaban J connectivity index is 1.83. The Morgan fingerprint density at radius 1 is 0.952 bits per heavy atom. The summed E-state index contributed by atoms with van der Waals surface area (Å²) >= 11 is 0. The van der Waals surface area contributed by atoms with Crippen molar-refractivity contribution in [2.24, 2.45) is 0 Å². The van der Waals surface area contributed by atoms with Gasteiger partial charge in [-0.25, -0.2) is 8.42 Å². The maximum absolute atomic E-state index is 12.2. The van der Waals surface area contributed by atoms with Crippen molar-refractivity contribution in [2.45, 2.75) is 11.4 Å². The van der Waals surface area contributed by atoms with Gasteiger partial charge in [0.2, 0.25) is 9.84 Å². The molecule has 0 spiro atoms. The van der Waals surface area contributed by atoms with Gasteiger partial charge >= 0.3 is 0 Å². The van der Waals surface area contributed by atoms with Crippen molar-refractivity contribution in [2.75, 3.05) is 0 Å². The number of sulfone groups is 1. The summed E-state index contributed by atoms with van der Waals surface area (Å²) in [7, 11) is -3.51. The van der Waals surface area contributed by atoms with Gasteiger partial charge in [-0.05, 0) is 11.6 Å². The van der Waals surface area contributed by atoms with Gasteiger partial charge in [0, 0.05) is 17.5 Å². The number of nitrogens with one attached hydrogen (secondary N) is 1. The van der Waals surface area contributed by atoms with E-state index in [0.29, 0.717) is 12.1 Å². The van der Waals surface area contributed by atoms with Crippen molar-refractivity contribution in [1.29, 1.82) is 0 Å². The van der Waals surface area contributed by atoms with Gasteiger partial charge < -0.3 is 5.32 Å². The summed E-state index contributed by atoms with van der Waals surface area (Å²) in [6.45, 7) is 0.360. The molecule has 0 saturated heterocycles. The van der Waals surface area contributed by atoms with Gasteiger partial charge in [-0.3, -0.25) is 4.79 Å². The van der Waals surface area contributed by atoms with E-state index < -0.39 is 9.84 Å². The maximum Gasteiger partial charge on any atom is 0.252 e. The van der Waals surface area contributed by atoms with Crippen LogP contribution in [0.15, 0.2) is 64.9 Å². The van der Waals surface area contributed by atoms with Crippen molar-refractivity contribution in [3.8, 4) is 0 Å². The lowest BCUT2D eigenvalue weighted by atomic mass is 10.1. The summed E-state index contributed by atoms with van der Waals surface area (Å²) in [5, 5.41) is 3.79. The molecule has 4 nitrogen and oxygen atoms in total. The highest BCUT2D eigenvalue weighted by molar-refractivity contribution is 7.95. The third-order valence-corrected chi connectivity index (χ3v) is 4.81. The number of benzene rings is 2. The van der Waals surface area contributed by atoms with Gasteiger partial charge in [-0.1, -0.05) is 48.5 Å². The fourth-order valence-electron chi connectivity index (χ4n) is 2.27. The largest absolute Gasteiger partial charge is 0.348 e. The molecule has 0 aliphatic carbocycles. The number of carbonyl (C=O) groups excluding carboxylic acids is 1. The van der Waals surface area contributed by atoms with Gasteiger partial charge in [0.1, 0.15) is 0 Å². The van der Waals surface area contributed by atoms with Crippen LogP contribution in [0.3, 0.4) is 0 Å². The average molecular weight is 299 g/mol. The number of amides is 1. The molecule has 1 aliphatic heterocycles. The lowest BCUT2D eigenvalue weighted by Crippen LogP contribution is -2.23. The first-order valence-electron chi connectivity index (χ1n) is 6.46. The van der Waals surface area contributed by atoms with E-state index in [1.54, 1.807) is 18.2 Å². The van der Waals surface area contributed by atoms with Crippen LogP contribution >= 0.6 is 0 Å². The summed E-state index contributed by atoms with van der Waals surface area (Å²) in [4.78, 5) is 12.4. The average Bonchev–Trinajstić information content (AvgIpc) is 2.78. The maximum atomic E-state index is 12.2. The second kappa shape index (κ2) is 5.18. The Bertz CT molecular complexity index is 824. The number of carbonyl (C=O) groups is 1. The van der Waals surface area contributed by atoms with E-state index in [2.05, 4.69) is 5.32 Å². The van der Waals surface area contributed by atoms with Crippen molar-refractivity contribution in [3.63, 3.8) is 0 Å². The molecule has 5 heteroatoms. The summed E-state index contributed by atoms with van der Waals surface area (Å²) in [6.07, 6.45) is 0. The molecule has 0 bridgehead atoms. The van der Waals surface area contributed by atoms with Gasteiger partial charge in [-0.2, -0.15) is 0 Å². The Morgan fingerprint density at radius 3 is 2.38 bits per heavy atom. The molecule has 1 aliphatic rings. The number of rotatable bonds is 3. The highest BCUT2D eigenvalue weighted by Gasteiger charge is 2.29. The molecule has 1 amide bonds. The molecule has 0 unspecified atom stereocenters. The fraction of sp³-hybridized carbons (Fsp3) is 0.0625. The molecule has 2 aromatic rings. The number of fused-ring (bicyclic) bond motifs is 1. The topological polar surface area (TPSA) is 63.2 Å². The predicted octanol–water partition coefficient (Wildman–Crippen LogP) is 2.13. The molecule has 0 aromatic heterocycles. The summed E-state index contributed by atoms with van der Waals surface area (Å²) < 4.78 is 24.0. The molecular weight excluding hydrogens is 286 g/mol. The Kier molecular flexibility index (Phi) is 3.35. The Hall–Kier alpha value is -2.40. The molecule has 0 saturated carbocycles. The number of hydrogen-bond acceptors (Lipinski definition) is 3. The third kappa shape index (κ3) is 2.60. The summed E-state index contributed by atoms with van der Waals surface area (Å²) in [5.74, 6) is -0.382. The van der Waals surface area contributed by atoms with Crippen LogP contribution in [0.4, 0.5) is 0 Å². The molecule has 3 rings (SSSR count). The molecule has 0 fully saturated rings. The molecular formula is C16H13NO3S. The smallest absolute Gasteiger partial charge is 0.252 e. The second-order valence-electron chi connectivity index (χ2n) is 4.74. The van der Waals surface area contributed by atoms with Crippen LogP contribution in [0.25, 0.3) is 5.57 Å². The standard InChI is InChI=1S/C16H13NO3S/c18-16(17-10-12-6-2-1-3-7-12)14-11-21(19,20)15-9-5-4-8-13(14)15/h1-9,11H,10H2,(H,17,18). The molecule has 1 heterocycles. The van der Waals surface area contributed by atoms with Crippen LogP contribution in [0.2, 0.25) is 0 Å². The molecule has 2 aromatic carbocycles. The van der Waals surface area contributed by atoms with Crippen LogP contribution in [0, 0.1) is 0 Å². The normalized spacial score (nSPS) is 15.1. The van der Waals surface area contributed by atoms with Crippen molar-refractivity contribution in [1.82, 2.24) is 5.32 Å². The van der Waals surface area contributed by atoms with Crippen molar-refractivity contribution < 1.29 is 13.2 Å². The molecule has 0 atom stereocenters. The van der Waals surface area contributed by atoms with Crippen LogP contribution in [-0.2, 0) is 21.2 Å². The fourth-order valence-corrected chi connectivity index (χ4v) is 3.69. The van der Waals surface area contributed by atoms with E-state index in [0.717, 1.165) is 11.0 Å². The van der Waals surface area contributed by atoms with Crippen LogP contribution in [0.5, 0.6) is 0 Å². The summed E-state index contributed by atoms with van der Waals surface area (Å²) in [6, 6.07) is 16.0. The minimum Gasteiger partial charge on any atom is -0.348 e. The molecule has 106 valence electrons. The molecule has 0 radical (unpaired) electrons. The zero-order chi connectivity index (χ0) is 14.9. The molecule has 1 N–H and O–H groups in total. The first-order chi connectivity index (χ1) is 10.1. The van der Waals surface area contributed by atoms with E-state index in [-0.39, 0.29) is 16.4 Å². The van der Waals surface area contributed by atoms with Crippen LogP contribution in [-0.4, -0.2) is 14.3 Å². The lowest BCUT2D eigenvalue weighted by Gasteiger charge is -2.06. The van der Waals surface area contributed by atoms with Gasteiger partial charge in [0.05, 0.1) is 10.5 Å². The SMILES string of the molecule is O=C(NCc1ccccc1)C1=CS(=O)(=O)c2ccccc21. The van der Waals surface area contributed by atoms with Gasteiger partial charge in [0.15, 0.2) is 0 Å². The first-order valence-corrected chi connectivity index (χ1v) is 8.01. The van der Waals surface area contributed by atoms with Crippen molar-refractivity contribution >= 4 is 21.3 Å². The van der Waals surface area contributed by atoms with Crippen LogP contribution < -0.4 is 5.32 Å². The lowest BCUT2D eigenvalue weighted by molar-refractivity contribution is -0.115. The van der Waals surface area contributed by atoms with Gasteiger partial charge in [-0.15, -0.1) is 0 Å². The predicted molar refractivity (Wildman–Crippen MR) is 79.9 cm³/mol. The van der Waals surface area contributed by atoms with E-state index in [4.69, 9.17) is 0 Å². The number of hydrogen-bond donors (Lipinski definition) is 1. The van der Waals surface area contributed by atoms with E-state index >= 15 is 0 Å². The third-order valence-electron chi connectivity index (χ3n) is 3.30. The zero-order valence-electron chi connectivity index (χ0n) is 11.1. The van der Waals surface area contributed by atoms with Crippen molar-refractivity contribution in [3.05, 3.63) is 71.1 Å². The van der Waals surface area contributed by atoms with Crippen LogP contribution in [0.1, 0.15) is 11.1 Å². The monoisotopic (exact) mass is 299 g/mol. The second-order valence-corrected chi connectivity index (χ2v) is 6.51. The van der Waals surface area contributed by atoms with Gasteiger partial charge in [0.25, 0.3) is 5.91 Å². The van der Waals surface area contributed by atoms with E-state index in [9.17, 15) is 13.2 Å². The highest BCUT2D eigenvalue weighted by Crippen LogP contribution is 2.33. The quantitative estimate of drug-likeness (QED) is 0.944. The minimum atomic E-state index is -3.51. The summed E-state index contributed by atoms with van der Waals surface area (Å²) in [5.41, 5.74) is 1.62. The zero-order valence-corrected chi connectivity index (χ0v) is 11.9. The van der Waals surface area contributed by atoms with E-state index in [1.165, 1.54) is 6.07 Å². The van der Waals surface area contributed by atoms with E-state index in [1.807, 2.05) is 30.3 Å². The minimum absolute atomic E-state index is 0.190. The first kappa shape index (κ1) is 13.6. The molecule has 21 heavy (non-hydrogen) atoms. The Labute approximate surface area is 123 Å².